The number of ether oxygens (including phenoxy) is 1. The molecular formula is C22H29NO2. The molecule has 4 rings (SSSR count). The van der Waals surface area contributed by atoms with E-state index in [1.54, 1.807) is 0 Å². The van der Waals surface area contributed by atoms with Gasteiger partial charge in [0.1, 0.15) is 0 Å². The van der Waals surface area contributed by atoms with E-state index in [4.69, 9.17) is 4.74 Å². The summed E-state index contributed by atoms with van der Waals surface area (Å²) in [5.41, 5.74) is 5.93. The van der Waals surface area contributed by atoms with Crippen molar-refractivity contribution in [3.63, 3.8) is 0 Å². The normalized spacial score (nSPS) is 21.6. The second-order valence-electron chi connectivity index (χ2n) is 8.07. The second kappa shape index (κ2) is 6.95. The second-order valence-corrected chi connectivity index (χ2v) is 8.07. The molecule has 2 fully saturated rings. The Kier molecular flexibility index (Phi) is 4.68. The highest BCUT2D eigenvalue weighted by atomic mass is 16.5. The lowest BCUT2D eigenvalue weighted by atomic mass is 9.92. The first-order chi connectivity index (χ1) is 12.1. The van der Waals surface area contributed by atoms with E-state index in [0.717, 1.165) is 49.7 Å². The average Bonchev–Trinajstić information content (AvgIpc) is 3.20. The van der Waals surface area contributed by atoms with Crippen LogP contribution in [-0.2, 0) is 16.0 Å². The Balaban J connectivity index is 1.74. The highest BCUT2D eigenvalue weighted by Crippen LogP contribution is 2.42. The molecule has 2 heterocycles. The minimum absolute atomic E-state index is 0.185. The van der Waals surface area contributed by atoms with Gasteiger partial charge in [-0.25, -0.2) is 0 Å². The van der Waals surface area contributed by atoms with Gasteiger partial charge in [-0.15, -0.1) is 0 Å². The van der Waals surface area contributed by atoms with Gasteiger partial charge in [0.2, 0.25) is 0 Å². The predicted octanol–water partition coefficient (Wildman–Crippen LogP) is 4.74. The van der Waals surface area contributed by atoms with Crippen LogP contribution in [0.5, 0.6) is 0 Å². The third kappa shape index (κ3) is 3.15. The summed E-state index contributed by atoms with van der Waals surface area (Å²) in [7, 11) is 0. The van der Waals surface area contributed by atoms with Gasteiger partial charge in [0.25, 0.3) is 5.91 Å². The quantitative estimate of drug-likeness (QED) is 0.745. The summed E-state index contributed by atoms with van der Waals surface area (Å²) in [5.74, 6) is 1.02. The van der Waals surface area contributed by atoms with Gasteiger partial charge in [0, 0.05) is 17.2 Å². The van der Waals surface area contributed by atoms with Gasteiger partial charge in [-0.3, -0.25) is 4.79 Å². The molecule has 1 aromatic carbocycles. The molecule has 1 aromatic rings. The maximum Gasteiger partial charge on any atom is 0.259 e. The van der Waals surface area contributed by atoms with E-state index in [1.165, 1.54) is 42.4 Å². The summed E-state index contributed by atoms with van der Waals surface area (Å²) >= 11 is 0. The van der Waals surface area contributed by atoms with Crippen LogP contribution in [0.1, 0.15) is 63.5 Å². The van der Waals surface area contributed by atoms with Crippen LogP contribution >= 0.6 is 0 Å². The molecule has 0 unspecified atom stereocenters. The molecule has 0 atom stereocenters. The number of fused-ring (bicyclic) bond motifs is 1. The molecule has 0 aromatic heterocycles. The number of carbonyl (C=O) groups excluding carboxylic acids is 1. The number of rotatable bonds is 3. The Morgan fingerprint density at radius 2 is 1.88 bits per heavy atom. The number of nitrogens with zero attached hydrogens (tertiary/aromatic N) is 1. The molecule has 0 spiro atoms. The minimum atomic E-state index is 0.185. The first-order valence-electron chi connectivity index (χ1n) is 9.92. The molecule has 0 bridgehead atoms. The lowest BCUT2D eigenvalue weighted by molar-refractivity contribution is -0.113. The highest BCUT2D eigenvalue weighted by Gasteiger charge is 2.36. The van der Waals surface area contributed by atoms with Crippen molar-refractivity contribution in [2.24, 2.45) is 5.92 Å². The molecule has 3 aliphatic rings. The Morgan fingerprint density at radius 3 is 2.56 bits per heavy atom. The van der Waals surface area contributed by atoms with Crippen molar-refractivity contribution < 1.29 is 9.53 Å². The summed E-state index contributed by atoms with van der Waals surface area (Å²) < 4.78 is 5.51. The van der Waals surface area contributed by atoms with Crippen molar-refractivity contribution in [1.82, 2.24) is 0 Å². The van der Waals surface area contributed by atoms with Gasteiger partial charge in [-0.2, -0.15) is 0 Å². The number of hydrogen-bond donors (Lipinski definition) is 0. The number of amides is 1. The van der Waals surface area contributed by atoms with Crippen molar-refractivity contribution in [2.45, 2.75) is 64.8 Å². The average molecular weight is 339 g/mol. The maximum absolute atomic E-state index is 13.2. The van der Waals surface area contributed by atoms with Crippen LogP contribution in [0, 0.1) is 5.92 Å². The van der Waals surface area contributed by atoms with Crippen molar-refractivity contribution in [3.05, 3.63) is 34.9 Å². The molecule has 1 amide bonds. The molecule has 2 aliphatic heterocycles. The molecule has 0 radical (unpaired) electrons. The fourth-order valence-electron chi connectivity index (χ4n) is 4.74. The first kappa shape index (κ1) is 16.8. The van der Waals surface area contributed by atoms with Crippen molar-refractivity contribution in [3.8, 4) is 0 Å². The zero-order valence-electron chi connectivity index (χ0n) is 15.5. The number of hydrogen-bond acceptors (Lipinski definition) is 2. The lowest BCUT2D eigenvalue weighted by Crippen LogP contribution is -2.33. The molecule has 1 saturated carbocycles. The van der Waals surface area contributed by atoms with Crippen LogP contribution in [0.2, 0.25) is 0 Å². The molecule has 1 saturated heterocycles. The Hall–Kier alpha value is -1.61. The predicted molar refractivity (Wildman–Crippen MR) is 102 cm³/mol. The Labute approximate surface area is 151 Å². The van der Waals surface area contributed by atoms with Crippen LogP contribution in [-0.4, -0.2) is 25.2 Å². The first-order valence-corrected chi connectivity index (χ1v) is 9.92. The van der Waals surface area contributed by atoms with E-state index in [9.17, 15) is 4.79 Å². The van der Waals surface area contributed by atoms with E-state index in [1.807, 2.05) is 4.90 Å². The topological polar surface area (TPSA) is 29.5 Å². The van der Waals surface area contributed by atoms with E-state index >= 15 is 0 Å². The van der Waals surface area contributed by atoms with Crippen LogP contribution < -0.4 is 4.90 Å². The minimum Gasteiger partial charge on any atom is -0.381 e. The molecule has 1 aliphatic carbocycles. The number of anilines is 1. The fraction of sp³-hybridized carbons (Fsp3) is 0.591. The molecule has 0 N–H and O–H groups in total. The highest BCUT2D eigenvalue weighted by molar-refractivity contribution is 6.33. The summed E-state index contributed by atoms with van der Waals surface area (Å²) in [5, 5.41) is 0. The third-order valence-electron chi connectivity index (χ3n) is 5.99. The summed E-state index contributed by atoms with van der Waals surface area (Å²) in [4.78, 5) is 15.2. The maximum atomic E-state index is 13.2. The third-order valence-corrected chi connectivity index (χ3v) is 5.99. The van der Waals surface area contributed by atoms with E-state index in [-0.39, 0.29) is 11.9 Å². The monoisotopic (exact) mass is 339 g/mol. The Bertz CT molecular complexity index is 690. The molecule has 3 nitrogen and oxygen atoms in total. The largest absolute Gasteiger partial charge is 0.381 e. The molecule has 134 valence electrons. The van der Waals surface area contributed by atoms with E-state index < -0.39 is 0 Å². The molecular weight excluding hydrogens is 310 g/mol. The van der Waals surface area contributed by atoms with Crippen molar-refractivity contribution in [1.29, 1.82) is 0 Å². The van der Waals surface area contributed by atoms with Crippen LogP contribution in [0.25, 0.3) is 5.57 Å². The standard InChI is InChI=1S/C22H29NO2/c1-15(2)23-20-8-7-17(13-16-5-3-4-6-16)14-19(20)21(22(23)24)18-9-11-25-12-10-18/h7-8,14-16H,3-6,9-13H2,1-2H3. The van der Waals surface area contributed by atoms with Gasteiger partial charge in [0.05, 0.1) is 18.9 Å². The number of carbonyl (C=O) groups is 1. The molecule has 3 heteroatoms. The summed E-state index contributed by atoms with van der Waals surface area (Å²) in [6.07, 6.45) is 8.42. The summed E-state index contributed by atoms with van der Waals surface area (Å²) in [6, 6.07) is 6.93. The van der Waals surface area contributed by atoms with Crippen molar-refractivity contribution >= 4 is 17.2 Å². The SMILES string of the molecule is CC(C)N1C(=O)C(=C2CCOCC2)c2cc(CC3CCCC3)ccc21. The zero-order chi connectivity index (χ0) is 17.4. The van der Waals surface area contributed by atoms with E-state index in [2.05, 4.69) is 32.0 Å². The number of benzene rings is 1. The van der Waals surface area contributed by atoms with Crippen LogP contribution in [0.3, 0.4) is 0 Å². The van der Waals surface area contributed by atoms with Gasteiger partial charge in [-0.1, -0.05) is 37.3 Å². The van der Waals surface area contributed by atoms with Crippen molar-refractivity contribution in [2.75, 3.05) is 18.1 Å². The van der Waals surface area contributed by atoms with Crippen LogP contribution in [0.15, 0.2) is 23.8 Å². The van der Waals surface area contributed by atoms with Gasteiger partial charge in [0.15, 0.2) is 0 Å². The summed E-state index contributed by atoms with van der Waals surface area (Å²) in [6.45, 7) is 5.69. The van der Waals surface area contributed by atoms with Gasteiger partial charge >= 0.3 is 0 Å². The zero-order valence-corrected chi connectivity index (χ0v) is 15.5. The lowest BCUT2D eigenvalue weighted by Gasteiger charge is -2.22. The van der Waals surface area contributed by atoms with E-state index in [0.29, 0.717) is 0 Å². The van der Waals surface area contributed by atoms with Gasteiger partial charge < -0.3 is 9.64 Å². The Morgan fingerprint density at radius 1 is 1.16 bits per heavy atom. The molecule has 25 heavy (non-hydrogen) atoms. The van der Waals surface area contributed by atoms with Crippen LogP contribution in [0.4, 0.5) is 5.69 Å². The fourth-order valence-corrected chi connectivity index (χ4v) is 4.74. The smallest absolute Gasteiger partial charge is 0.259 e. The van der Waals surface area contributed by atoms with Gasteiger partial charge in [-0.05, 0) is 56.7 Å².